The molecule has 31 heavy (non-hydrogen) atoms. The number of hydrogen-bond donors (Lipinski definition) is 2. The second-order valence-corrected chi connectivity index (χ2v) is 9.53. The van der Waals surface area contributed by atoms with Crippen LogP contribution in [-0.2, 0) is 18.6 Å². The summed E-state index contributed by atoms with van der Waals surface area (Å²) >= 11 is 6.14. The molecular weight excluding hydrogens is 408 g/mol. The van der Waals surface area contributed by atoms with Crippen molar-refractivity contribution in [1.82, 2.24) is 9.97 Å². The Bertz CT molecular complexity index is 1120. The molecule has 0 atom stereocenters. The van der Waals surface area contributed by atoms with Crippen molar-refractivity contribution in [2.75, 3.05) is 16.8 Å². The predicted molar refractivity (Wildman–Crippen MR) is 125 cm³/mol. The van der Waals surface area contributed by atoms with E-state index in [0.717, 1.165) is 42.3 Å². The molecule has 1 aromatic heterocycles. The smallest absolute Gasteiger partial charge is 0.229 e. The van der Waals surface area contributed by atoms with Gasteiger partial charge in [0.2, 0.25) is 5.95 Å². The molecule has 6 heteroatoms. The molecule has 2 aromatic carbocycles. The van der Waals surface area contributed by atoms with Crippen LogP contribution in [0.5, 0.6) is 0 Å². The Morgan fingerprint density at radius 2 is 1.90 bits per heavy atom. The van der Waals surface area contributed by atoms with Gasteiger partial charge in [0, 0.05) is 35.8 Å². The van der Waals surface area contributed by atoms with Crippen LogP contribution in [0, 0.1) is 0 Å². The molecule has 2 heterocycles. The summed E-state index contributed by atoms with van der Waals surface area (Å²) in [6, 6.07) is 16.1. The largest absolute Gasteiger partial charge is 0.386 e. The van der Waals surface area contributed by atoms with Gasteiger partial charge >= 0.3 is 0 Å². The maximum atomic E-state index is 10.3. The summed E-state index contributed by atoms with van der Waals surface area (Å²) in [7, 11) is 0. The van der Waals surface area contributed by atoms with Crippen LogP contribution in [0.2, 0.25) is 5.02 Å². The molecule has 0 unspecified atom stereocenters. The molecule has 1 saturated carbocycles. The van der Waals surface area contributed by atoms with Crippen LogP contribution in [0.1, 0.15) is 55.0 Å². The second-order valence-electron chi connectivity index (χ2n) is 9.10. The van der Waals surface area contributed by atoms with Crippen molar-refractivity contribution < 1.29 is 5.11 Å². The normalized spacial score (nSPS) is 16.2. The van der Waals surface area contributed by atoms with Crippen molar-refractivity contribution in [3.05, 3.63) is 75.9 Å². The number of halogens is 1. The van der Waals surface area contributed by atoms with E-state index in [-0.39, 0.29) is 0 Å². The third-order valence-corrected chi connectivity index (χ3v) is 6.29. The number of benzene rings is 2. The SMILES string of the molecule is CC(C)(O)c1ccc2c(c1)CCN(c1cc(C3CC3)nc(Nc3cccc(Cl)c3)n1)C2. The maximum absolute atomic E-state index is 10.3. The van der Waals surface area contributed by atoms with Crippen LogP contribution in [0.4, 0.5) is 17.5 Å². The van der Waals surface area contributed by atoms with Gasteiger partial charge < -0.3 is 15.3 Å². The van der Waals surface area contributed by atoms with Crippen LogP contribution in [-0.4, -0.2) is 21.6 Å². The molecule has 2 N–H and O–H groups in total. The lowest BCUT2D eigenvalue weighted by atomic mass is 9.91. The van der Waals surface area contributed by atoms with E-state index in [1.807, 2.05) is 44.2 Å². The molecule has 1 aliphatic heterocycles. The van der Waals surface area contributed by atoms with Crippen molar-refractivity contribution in [2.24, 2.45) is 0 Å². The minimum absolute atomic E-state index is 0.535. The molecule has 5 rings (SSSR count). The van der Waals surface area contributed by atoms with E-state index in [1.54, 1.807) is 0 Å². The van der Waals surface area contributed by atoms with E-state index < -0.39 is 5.60 Å². The molecule has 1 fully saturated rings. The summed E-state index contributed by atoms with van der Waals surface area (Å²) in [4.78, 5) is 11.9. The van der Waals surface area contributed by atoms with E-state index in [4.69, 9.17) is 21.6 Å². The fraction of sp³-hybridized carbons (Fsp3) is 0.360. The van der Waals surface area contributed by atoms with Gasteiger partial charge in [0.1, 0.15) is 5.82 Å². The molecule has 1 aliphatic carbocycles. The summed E-state index contributed by atoms with van der Waals surface area (Å²) in [6.45, 7) is 5.36. The predicted octanol–water partition coefficient (Wildman–Crippen LogP) is 5.54. The topological polar surface area (TPSA) is 61.3 Å². The van der Waals surface area contributed by atoms with Gasteiger partial charge in [-0.05, 0) is 68.0 Å². The summed E-state index contributed by atoms with van der Waals surface area (Å²) < 4.78 is 0. The van der Waals surface area contributed by atoms with Crippen LogP contribution in [0.3, 0.4) is 0 Å². The highest BCUT2D eigenvalue weighted by molar-refractivity contribution is 6.30. The molecule has 0 radical (unpaired) electrons. The standard InChI is InChI=1S/C25H27ClN4O/c1-25(2,31)19-9-8-18-15-30(11-10-17(18)12-19)23-14-22(16-6-7-16)28-24(29-23)27-21-5-3-4-20(26)13-21/h3-5,8-9,12-14,16,31H,6-7,10-11,15H2,1-2H3,(H,27,28,29). The fourth-order valence-corrected chi connectivity index (χ4v) is 4.27. The van der Waals surface area contributed by atoms with Crippen molar-refractivity contribution in [1.29, 1.82) is 0 Å². The number of fused-ring (bicyclic) bond motifs is 1. The van der Waals surface area contributed by atoms with Crippen molar-refractivity contribution in [3.63, 3.8) is 0 Å². The number of nitrogens with one attached hydrogen (secondary N) is 1. The zero-order chi connectivity index (χ0) is 21.6. The Hall–Kier alpha value is -2.63. The zero-order valence-electron chi connectivity index (χ0n) is 17.9. The molecule has 0 amide bonds. The minimum atomic E-state index is -0.821. The molecule has 0 bridgehead atoms. The average Bonchev–Trinajstić information content (AvgIpc) is 3.57. The first-order valence-corrected chi connectivity index (χ1v) is 11.2. The molecule has 2 aliphatic rings. The van der Waals surface area contributed by atoms with E-state index in [2.05, 4.69) is 28.4 Å². The van der Waals surface area contributed by atoms with Crippen LogP contribution in [0.15, 0.2) is 48.5 Å². The van der Waals surface area contributed by atoms with E-state index in [9.17, 15) is 5.11 Å². The van der Waals surface area contributed by atoms with E-state index in [0.29, 0.717) is 16.9 Å². The molecule has 0 saturated heterocycles. The lowest BCUT2D eigenvalue weighted by Crippen LogP contribution is -2.32. The monoisotopic (exact) mass is 434 g/mol. The summed E-state index contributed by atoms with van der Waals surface area (Å²) in [5.74, 6) is 2.11. The molecule has 160 valence electrons. The van der Waals surface area contributed by atoms with Crippen LogP contribution < -0.4 is 10.2 Å². The van der Waals surface area contributed by atoms with E-state index >= 15 is 0 Å². The Morgan fingerprint density at radius 3 is 2.65 bits per heavy atom. The van der Waals surface area contributed by atoms with Gasteiger partial charge in [-0.3, -0.25) is 0 Å². The first-order chi connectivity index (χ1) is 14.8. The summed E-state index contributed by atoms with van der Waals surface area (Å²) in [5, 5.41) is 14.3. The Morgan fingerprint density at radius 1 is 1.06 bits per heavy atom. The molecule has 5 nitrogen and oxygen atoms in total. The quantitative estimate of drug-likeness (QED) is 0.552. The van der Waals surface area contributed by atoms with Gasteiger partial charge in [0.25, 0.3) is 0 Å². The highest BCUT2D eigenvalue weighted by Crippen LogP contribution is 2.41. The number of hydrogen-bond acceptors (Lipinski definition) is 5. The van der Waals surface area contributed by atoms with Gasteiger partial charge in [-0.2, -0.15) is 4.98 Å². The number of rotatable bonds is 5. The van der Waals surface area contributed by atoms with Gasteiger partial charge in [0.05, 0.1) is 11.3 Å². The van der Waals surface area contributed by atoms with Gasteiger partial charge in [-0.1, -0.05) is 35.9 Å². The Kier molecular flexibility index (Phi) is 5.11. The van der Waals surface area contributed by atoms with Crippen molar-refractivity contribution in [2.45, 2.75) is 51.2 Å². The minimum Gasteiger partial charge on any atom is -0.386 e. The second kappa shape index (κ2) is 7.81. The third-order valence-electron chi connectivity index (χ3n) is 6.06. The number of aliphatic hydroxyl groups is 1. The lowest BCUT2D eigenvalue weighted by molar-refractivity contribution is 0.0785. The van der Waals surface area contributed by atoms with Crippen LogP contribution in [0.25, 0.3) is 0 Å². The Balaban J connectivity index is 1.43. The molecule has 0 spiro atoms. The van der Waals surface area contributed by atoms with Gasteiger partial charge in [-0.25, -0.2) is 4.98 Å². The number of nitrogens with zero attached hydrogens (tertiary/aromatic N) is 3. The summed E-state index contributed by atoms with van der Waals surface area (Å²) in [6.07, 6.45) is 3.31. The van der Waals surface area contributed by atoms with E-state index in [1.165, 1.54) is 24.0 Å². The summed E-state index contributed by atoms with van der Waals surface area (Å²) in [5.41, 5.74) is 4.73. The van der Waals surface area contributed by atoms with Gasteiger partial charge in [-0.15, -0.1) is 0 Å². The molecule has 3 aromatic rings. The first-order valence-electron chi connectivity index (χ1n) is 10.9. The molecular formula is C25H27ClN4O. The van der Waals surface area contributed by atoms with Gasteiger partial charge in [0.15, 0.2) is 0 Å². The Labute approximate surface area is 188 Å². The highest BCUT2D eigenvalue weighted by atomic mass is 35.5. The number of anilines is 3. The van der Waals surface area contributed by atoms with Crippen molar-refractivity contribution in [3.8, 4) is 0 Å². The number of aromatic nitrogens is 2. The maximum Gasteiger partial charge on any atom is 0.229 e. The van der Waals surface area contributed by atoms with Crippen molar-refractivity contribution >= 4 is 29.1 Å². The highest BCUT2D eigenvalue weighted by Gasteiger charge is 2.28. The zero-order valence-corrected chi connectivity index (χ0v) is 18.7. The fourth-order valence-electron chi connectivity index (χ4n) is 4.08. The first kappa shape index (κ1) is 20.3. The third kappa shape index (κ3) is 4.53. The van der Waals surface area contributed by atoms with Crippen LogP contribution >= 0.6 is 11.6 Å². The lowest BCUT2D eigenvalue weighted by Gasteiger charge is -2.31. The average molecular weight is 435 g/mol.